The van der Waals surface area contributed by atoms with Crippen LogP contribution in [0.15, 0.2) is 46.1 Å². The third-order valence-electron chi connectivity index (χ3n) is 7.27. The maximum absolute atomic E-state index is 14.1. The predicted octanol–water partition coefficient (Wildman–Crippen LogP) is 3.99. The van der Waals surface area contributed by atoms with Crippen molar-refractivity contribution in [1.29, 1.82) is 0 Å². The van der Waals surface area contributed by atoms with Crippen LogP contribution in [-0.2, 0) is 0 Å². The van der Waals surface area contributed by atoms with Crippen LogP contribution in [0, 0.1) is 12.7 Å². The highest BCUT2D eigenvalue weighted by Gasteiger charge is 2.30. The molecule has 0 bridgehead atoms. The predicted molar refractivity (Wildman–Crippen MR) is 136 cm³/mol. The molecule has 1 aliphatic carbocycles. The van der Waals surface area contributed by atoms with Gasteiger partial charge in [0.1, 0.15) is 11.5 Å². The zero-order valence-electron chi connectivity index (χ0n) is 19.7. The number of aromatic nitrogens is 3. The Morgan fingerprint density at radius 2 is 1.71 bits per heavy atom. The molecular weight excluding hydrogens is 467 g/mol. The summed E-state index contributed by atoms with van der Waals surface area (Å²) in [6.45, 7) is 1.91. The fourth-order valence-corrected chi connectivity index (χ4v) is 6.45. The van der Waals surface area contributed by atoms with Gasteiger partial charge in [-0.25, -0.2) is 14.2 Å². The van der Waals surface area contributed by atoms with Gasteiger partial charge in [-0.1, -0.05) is 18.2 Å². The molecule has 0 atom stereocenters. The van der Waals surface area contributed by atoms with E-state index in [4.69, 9.17) is 0 Å². The van der Waals surface area contributed by atoms with Crippen LogP contribution in [0.4, 0.5) is 4.39 Å². The molecule has 35 heavy (non-hydrogen) atoms. The Morgan fingerprint density at radius 3 is 2.43 bits per heavy atom. The van der Waals surface area contributed by atoms with Crippen LogP contribution >= 0.6 is 11.8 Å². The van der Waals surface area contributed by atoms with Crippen molar-refractivity contribution in [1.82, 2.24) is 19.4 Å². The summed E-state index contributed by atoms with van der Waals surface area (Å²) in [5, 5.41) is 3.26. The lowest BCUT2D eigenvalue weighted by atomic mass is 9.90. The minimum Gasteiger partial charge on any atom is -0.349 e. The topological polar surface area (TPSA) is 86.0 Å². The van der Waals surface area contributed by atoms with Crippen LogP contribution in [-0.4, -0.2) is 37.6 Å². The second-order valence-electron chi connectivity index (χ2n) is 9.49. The molecule has 1 amide bonds. The number of carbonyl (C=O) groups is 1. The molecule has 1 N–H and O–H groups in total. The van der Waals surface area contributed by atoms with Gasteiger partial charge >= 0.3 is 5.69 Å². The summed E-state index contributed by atoms with van der Waals surface area (Å²) < 4.78 is 17.0. The maximum atomic E-state index is 14.1. The lowest BCUT2D eigenvalue weighted by molar-refractivity contribution is 0.0921. The number of aryl methyl sites for hydroxylation is 1. The van der Waals surface area contributed by atoms with E-state index in [1.165, 1.54) is 10.6 Å². The number of nitrogens with one attached hydrogen (secondary N) is 1. The van der Waals surface area contributed by atoms with E-state index in [1.807, 2.05) is 43.0 Å². The summed E-state index contributed by atoms with van der Waals surface area (Å²) in [7, 11) is 0. The number of hydrogen-bond donors (Lipinski definition) is 1. The normalized spacial score (nSPS) is 21.2. The largest absolute Gasteiger partial charge is 0.349 e. The SMILES string of the molecule is Cc1ccccc1C(=O)N[C@H]1CC[C@@H](n2c(=O)c3cc(F)cnc3n(C3CCSCC3)c2=O)CC1. The van der Waals surface area contributed by atoms with Gasteiger partial charge in [0.25, 0.3) is 11.5 Å². The van der Waals surface area contributed by atoms with E-state index in [0.717, 1.165) is 36.1 Å². The first-order valence-electron chi connectivity index (χ1n) is 12.2. The van der Waals surface area contributed by atoms with Crippen molar-refractivity contribution in [2.75, 3.05) is 11.5 Å². The maximum Gasteiger partial charge on any atom is 0.333 e. The Morgan fingerprint density at radius 1 is 1.03 bits per heavy atom. The first-order chi connectivity index (χ1) is 16.9. The molecule has 1 aliphatic heterocycles. The number of amides is 1. The number of hydrogen-bond acceptors (Lipinski definition) is 5. The van der Waals surface area contributed by atoms with Crippen LogP contribution in [0.2, 0.25) is 0 Å². The van der Waals surface area contributed by atoms with Gasteiger partial charge in [0.15, 0.2) is 0 Å². The molecule has 1 saturated heterocycles. The van der Waals surface area contributed by atoms with Gasteiger partial charge in [-0.15, -0.1) is 0 Å². The zero-order valence-corrected chi connectivity index (χ0v) is 20.5. The van der Waals surface area contributed by atoms with Crippen molar-refractivity contribution in [3.05, 3.63) is 74.3 Å². The monoisotopic (exact) mass is 496 g/mol. The number of nitrogens with zero attached hydrogens (tertiary/aromatic N) is 3. The summed E-state index contributed by atoms with van der Waals surface area (Å²) in [4.78, 5) is 44.0. The highest BCUT2D eigenvalue weighted by atomic mass is 32.2. The first-order valence-corrected chi connectivity index (χ1v) is 13.4. The van der Waals surface area contributed by atoms with Crippen molar-refractivity contribution in [3.8, 4) is 0 Å². The standard InChI is InChI=1S/C26H29FN4O3S/c1-16-4-2-3-5-21(16)24(32)29-18-6-8-19(9-7-18)31-25(33)22-14-17(27)15-28-23(22)30(26(31)34)20-10-12-35-13-11-20/h2-5,14-15,18-20H,6-13H2,1H3,(H,29,32)/t18-,19+. The van der Waals surface area contributed by atoms with Crippen LogP contribution in [0.5, 0.6) is 0 Å². The average Bonchev–Trinajstić information content (AvgIpc) is 2.86. The molecule has 1 aromatic carbocycles. The molecule has 3 heterocycles. The van der Waals surface area contributed by atoms with Gasteiger partial charge in [0, 0.05) is 23.7 Å². The minimum atomic E-state index is -0.590. The van der Waals surface area contributed by atoms with Crippen molar-refractivity contribution >= 4 is 28.7 Å². The number of benzene rings is 1. The first kappa shape index (κ1) is 23.8. The minimum absolute atomic E-state index is 0.0220. The number of rotatable bonds is 4. The number of fused-ring (bicyclic) bond motifs is 1. The molecule has 9 heteroatoms. The number of carbonyl (C=O) groups excluding carboxylic acids is 1. The van der Waals surface area contributed by atoms with Crippen LogP contribution in [0.25, 0.3) is 11.0 Å². The van der Waals surface area contributed by atoms with Crippen LogP contribution in [0.3, 0.4) is 0 Å². The third-order valence-corrected chi connectivity index (χ3v) is 8.31. The average molecular weight is 497 g/mol. The van der Waals surface area contributed by atoms with Crippen molar-refractivity contribution in [2.45, 2.75) is 63.6 Å². The molecule has 2 aliphatic rings. The zero-order chi connectivity index (χ0) is 24.5. The van der Waals surface area contributed by atoms with E-state index in [1.54, 1.807) is 4.57 Å². The van der Waals surface area contributed by atoms with E-state index >= 15 is 0 Å². The molecule has 7 nitrogen and oxygen atoms in total. The summed E-state index contributed by atoms with van der Waals surface area (Å²) in [6.07, 6.45) is 5.19. The molecule has 2 fully saturated rings. The summed E-state index contributed by atoms with van der Waals surface area (Å²) >= 11 is 1.85. The quantitative estimate of drug-likeness (QED) is 0.590. The van der Waals surface area contributed by atoms with Crippen LogP contribution in [0.1, 0.15) is 66.5 Å². The van der Waals surface area contributed by atoms with Crippen molar-refractivity contribution in [3.63, 3.8) is 0 Å². The second kappa shape index (κ2) is 9.97. The Hall–Kier alpha value is -2.94. The smallest absolute Gasteiger partial charge is 0.333 e. The molecule has 2 aromatic heterocycles. The number of halogens is 1. The summed E-state index contributed by atoms with van der Waals surface area (Å²) in [6, 6.07) is 8.29. The molecule has 3 aromatic rings. The van der Waals surface area contributed by atoms with Crippen LogP contribution < -0.4 is 16.6 Å². The van der Waals surface area contributed by atoms with E-state index in [2.05, 4.69) is 10.3 Å². The Kier molecular flexibility index (Phi) is 6.77. The van der Waals surface area contributed by atoms with Gasteiger partial charge in [-0.2, -0.15) is 11.8 Å². The van der Waals surface area contributed by atoms with E-state index in [-0.39, 0.29) is 40.8 Å². The third kappa shape index (κ3) is 4.66. The highest BCUT2D eigenvalue weighted by Crippen LogP contribution is 2.30. The fourth-order valence-electron chi connectivity index (χ4n) is 5.37. The molecule has 1 saturated carbocycles. The molecule has 0 radical (unpaired) electrons. The van der Waals surface area contributed by atoms with Gasteiger partial charge in [0.2, 0.25) is 0 Å². The fraction of sp³-hybridized carbons (Fsp3) is 0.462. The number of pyridine rings is 1. The number of thioether (sulfide) groups is 1. The second-order valence-corrected chi connectivity index (χ2v) is 10.7. The Balaban J connectivity index is 1.42. The van der Waals surface area contributed by atoms with E-state index < -0.39 is 11.4 Å². The lowest BCUT2D eigenvalue weighted by Gasteiger charge is -2.31. The van der Waals surface area contributed by atoms with Gasteiger partial charge < -0.3 is 5.32 Å². The van der Waals surface area contributed by atoms with Gasteiger partial charge in [0.05, 0.1) is 11.6 Å². The van der Waals surface area contributed by atoms with Crippen molar-refractivity contribution in [2.24, 2.45) is 0 Å². The Bertz CT molecular complexity index is 1370. The molecule has 184 valence electrons. The summed E-state index contributed by atoms with van der Waals surface area (Å²) in [5.74, 6) is 1.18. The van der Waals surface area contributed by atoms with Gasteiger partial charge in [-0.3, -0.25) is 18.7 Å². The highest BCUT2D eigenvalue weighted by molar-refractivity contribution is 7.99. The Labute approximate surface area is 206 Å². The molecule has 5 rings (SSSR count). The molecular formula is C26H29FN4O3S. The molecule has 0 spiro atoms. The van der Waals surface area contributed by atoms with Crippen molar-refractivity contribution < 1.29 is 9.18 Å². The van der Waals surface area contributed by atoms with E-state index in [9.17, 15) is 18.8 Å². The lowest BCUT2D eigenvalue weighted by Crippen LogP contribution is -2.46. The summed E-state index contributed by atoms with van der Waals surface area (Å²) in [5.41, 5.74) is 1.01. The van der Waals surface area contributed by atoms with Gasteiger partial charge in [-0.05, 0) is 74.7 Å². The van der Waals surface area contributed by atoms with E-state index in [0.29, 0.717) is 31.2 Å². The molecule has 0 unspecified atom stereocenters.